The first-order valence-electron chi connectivity index (χ1n) is 5.37. The maximum absolute atomic E-state index is 11.0. The van der Waals surface area contributed by atoms with E-state index in [0.717, 1.165) is 6.54 Å². The van der Waals surface area contributed by atoms with E-state index < -0.39 is 4.92 Å². The summed E-state index contributed by atoms with van der Waals surface area (Å²) >= 11 is 3.33. The first kappa shape index (κ1) is 12.2. The van der Waals surface area contributed by atoms with E-state index in [1.165, 1.54) is 26.0 Å². The molecule has 0 bridgehead atoms. The summed E-state index contributed by atoms with van der Waals surface area (Å²) in [6.45, 7) is 0.791. The Labute approximate surface area is 107 Å². The van der Waals surface area contributed by atoms with E-state index in [1.807, 2.05) is 0 Å². The second kappa shape index (κ2) is 4.91. The van der Waals surface area contributed by atoms with Crippen LogP contribution in [0.15, 0.2) is 16.6 Å². The molecule has 0 saturated heterocycles. The van der Waals surface area contributed by atoms with E-state index in [0.29, 0.717) is 21.8 Å². The third-order valence-electron chi connectivity index (χ3n) is 2.74. The second-order valence-electron chi connectivity index (χ2n) is 4.09. The molecule has 0 amide bonds. The van der Waals surface area contributed by atoms with Crippen LogP contribution in [0, 0.1) is 16.0 Å². The van der Waals surface area contributed by atoms with Crippen LogP contribution in [0.5, 0.6) is 5.75 Å². The van der Waals surface area contributed by atoms with E-state index in [1.54, 1.807) is 6.07 Å². The smallest absolute Gasteiger partial charge is 0.296 e. The Morgan fingerprint density at radius 2 is 2.29 bits per heavy atom. The SMILES string of the molecule is COc1cc([N+](=O)[O-])c(NCC2CC2)cc1Br. The van der Waals surface area contributed by atoms with Crippen LogP contribution in [-0.2, 0) is 0 Å². The third kappa shape index (κ3) is 2.88. The molecule has 1 N–H and O–H groups in total. The lowest BCUT2D eigenvalue weighted by atomic mass is 10.2. The van der Waals surface area contributed by atoms with Crippen molar-refractivity contribution in [3.8, 4) is 5.75 Å². The lowest BCUT2D eigenvalue weighted by Gasteiger charge is -2.09. The molecule has 1 aliphatic carbocycles. The Hall–Kier alpha value is -1.30. The van der Waals surface area contributed by atoms with Gasteiger partial charge in [-0.25, -0.2) is 0 Å². The van der Waals surface area contributed by atoms with Crippen molar-refractivity contribution in [3.05, 3.63) is 26.7 Å². The van der Waals surface area contributed by atoms with Crippen molar-refractivity contribution < 1.29 is 9.66 Å². The zero-order chi connectivity index (χ0) is 12.4. The van der Waals surface area contributed by atoms with Crippen LogP contribution in [-0.4, -0.2) is 18.6 Å². The normalized spacial score (nSPS) is 14.5. The Kier molecular flexibility index (Phi) is 3.51. The fraction of sp³-hybridized carbons (Fsp3) is 0.455. The summed E-state index contributed by atoms with van der Waals surface area (Å²) in [7, 11) is 1.49. The van der Waals surface area contributed by atoms with E-state index >= 15 is 0 Å². The molecular formula is C11H13BrN2O3. The van der Waals surface area contributed by atoms with Gasteiger partial charge in [-0.1, -0.05) is 0 Å². The molecule has 1 fully saturated rings. The molecule has 1 aromatic carbocycles. The summed E-state index contributed by atoms with van der Waals surface area (Å²) in [6, 6.07) is 3.12. The van der Waals surface area contributed by atoms with Crippen molar-refractivity contribution in [2.24, 2.45) is 5.92 Å². The number of nitrogens with zero attached hydrogens (tertiary/aromatic N) is 1. The molecule has 1 saturated carbocycles. The molecule has 17 heavy (non-hydrogen) atoms. The largest absolute Gasteiger partial charge is 0.495 e. The number of halogens is 1. The minimum atomic E-state index is -0.399. The molecule has 1 aromatic rings. The van der Waals surface area contributed by atoms with Crippen molar-refractivity contribution in [2.75, 3.05) is 19.0 Å². The number of benzene rings is 1. The summed E-state index contributed by atoms with van der Waals surface area (Å²) in [5, 5.41) is 14.1. The van der Waals surface area contributed by atoms with E-state index in [-0.39, 0.29) is 5.69 Å². The fourth-order valence-electron chi connectivity index (χ4n) is 1.57. The molecule has 5 nitrogen and oxygen atoms in total. The lowest BCUT2D eigenvalue weighted by Crippen LogP contribution is -2.06. The Morgan fingerprint density at radius 1 is 1.59 bits per heavy atom. The second-order valence-corrected chi connectivity index (χ2v) is 4.94. The minimum absolute atomic E-state index is 0.0469. The molecule has 0 aliphatic heterocycles. The number of nitro benzene ring substituents is 1. The number of hydrogen-bond donors (Lipinski definition) is 1. The zero-order valence-electron chi connectivity index (χ0n) is 9.40. The van der Waals surface area contributed by atoms with Crippen molar-refractivity contribution in [1.82, 2.24) is 0 Å². The third-order valence-corrected chi connectivity index (χ3v) is 3.36. The molecule has 0 heterocycles. The fourth-order valence-corrected chi connectivity index (χ4v) is 2.07. The van der Waals surface area contributed by atoms with Crippen molar-refractivity contribution in [1.29, 1.82) is 0 Å². The number of hydrogen-bond acceptors (Lipinski definition) is 4. The summed E-state index contributed by atoms with van der Waals surface area (Å²) in [4.78, 5) is 10.6. The van der Waals surface area contributed by atoms with Gasteiger partial charge in [0.1, 0.15) is 11.4 Å². The predicted molar refractivity (Wildman–Crippen MR) is 68.6 cm³/mol. The van der Waals surface area contributed by atoms with Gasteiger partial charge in [-0.15, -0.1) is 0 Å². The first-order chi connectivity index (χ1) is 8.11. The van der Waals surface area contributed by atoms with Gasteiger partial charge in [0.25, 0.3) is 5.69 Å². The standard InChI is InChI=1S/C11H13BrN2O3/c1-17-11-5-10(14(15)16)9(4-8(11)12)13-6-7-2-3-7/h4-5,7,13H,2-3,6H2,1H3. The van der Waals surface area contributed by atoms with Gasteiger partial charge in [0.2, 0.25) is 0 Å². The van der Waals surface area contributed by atoms with Gasteiger partial charge in [0.05, 0.1) is 22.6 Å². The number of ether oxygens (including phenoxy) is 1. The van der Waals surface area contributed by atoms with Crippen molar-refractivity contribution in [2.45, 2.75) is 12.8 Å². The molecule has 0 unspecified atom stereocenters. The number of methoxy groups -OCH3 is 1. The minimum Gasteiger partial charge on any atom is -0.495 e. The monoisotopic (exact) mass is 300 g/mol. The summed E-state index contributed by atoms with van der Waals surface area (Å²) in [6.07, 6.45) is 2.41. The molecule has 6 heteroatoms. The highest BCUT2D eigenvalue weighted by molar-refractivity contribution is 9.10. The quantitative estimate of drug-likeness (QED) is 0.670. The van der Waals surface area contributed by atoms with Gasteiger partial charge < -0.3 is 10.1 Å². The average molecular weight is 301 g/mol. The topological polar surface area (TPSA) is 64.4 Å². The Bertz CT molecular complexity index is 447. The molecule has 0 radical (unpaired) electrons. The molecule has 0 aromatic heterocycles. The van der Waals surface area contributed by atoms with Gasteiger partial charge in [-0.3, -0.25) is 10.1 Å². The maximum Gasteiger partial charge on any atom is 0.296 e. The van der Waals surface area contributed by atoms with Crippen LogP contribution < -0.4 is 10.1 Å². The van der Waals surface area contributed by atoms with Crippen molar-refractivity contribution >= 4 is 27.3 Å². The van der Waals surface area contributed by atoms with Crippen LogP contribution in [0.1, 0.15) is 12.8 Å². The highest BCUT2D eigenvalue weighted by Crippen LogP contribution is 2.37. The average Bonchev–Trinajstić information content (AvgIpc) is 3.09. The van der Waals surface area contributed by atoms with Gasteiger partial charge >= 0.3 is 0 Å². The molecular weight excluding hydrogens is 288 g/mol. The lowest BCUT2D eigenvalue weighted by molar-refractivity contribution is -0.384. The van der Waals surface area contributed by atoms with Crippen LogP contribution >= 0.6 is 15.9 Å². The highest BCUT2D eigenvalue weighted by atomic mass is 79.9. The number of nitro groups is 1. The summed E-state index contributed by atoms with van der Waals surface area (Å²) < 4.78 is 5.76. The van der Waals surface area contributed by atoms with Gasteiger partial charge in [0, 0.05) is 6.54 Å². The number of nitrogens with one attached hydrogen (secondary N) is 1. The molecule has 0 atom stereocenters. The van der Waals surface area contributed by atoms with Crippen LogP contribution in [0.4, 0.5) is 11.4 Å². The Balaban J connectivity index is 2.26. The van der Waals surface area contributed by atoms with E-state index in [9.17, 15) is 10.1 Å². The van der Waals surface area contributed by atoms with Crippen LogP contribution in [0.2, 0.25) is 0 Å². The molecule has 92 valence electrons. The summed E-state index contributed by atoms with van der Waals surface area (Å²) in [5.74, 6) is 1.13. The van der Waals surface area contributed by atoms with E-state index in [2.05, 4.69) is 21.2 Å². The predicted octanol–water partition coefficient (Wildman–Crippen LogP) is 3.19. The Morgan fingerprint density at radius 3 is 2.82 bits per heavy atom. The van der Waals surface area contributed by atoms with Gasteiger partial charge in [-0.05, 0) is 40.8 Å². The van der Waals surface area contributed by atoms with Gasteiger partial charge in [0.15, 0.2) is 0 Å². The van der Waals surface area contributed by atoms with Crippen LogP contribution in [0.25, 0.3) is 0 Å². The van der Waals surface area contributed by atoms with Gasteiger partial charge in [-0.2, -0.15) is 0 Å². The van der Waals surface area contributed by atoms with Crippen LogP contribution in [0.3, 0.4) is 0 Å². The summed E-state index contributed by atoms with van der Waals surface area (Å²) in [5.41, 5.74) is 0.584. The molecule has 2 rings (SSSR count). The van der Waals surface area contributed by atoms with E-state index in [4.69, 9.17) is 4.74 Å². The van der Waals surface area contributed by atoms with Crippen molar-refractivity contribution in [3.63, 3.8) is 0 Å². The molecule has 0 spiro atoms. The maximum atomic E-state index is 11.0. The first-order valence-corrected chi connectivity index (χ1v) is 6.17. The number of anilines is 1. The highest BCUT2D eigenvalue weighted by Gasteiger charge is 2.23. The number of rotatable bonds is 5. The zero-order valence-corrected chi connectivity index (χ0v) is 11.0. The molecule has 1 aliphatic rings.